The lowest BCUT2D eigenvalue weighted by molar-refractivity contribution is 0.101. The van der Waals surface area contributed by atoms with E-state index in [2.05, 4.69) is 4.98 Å². The van der Waals surface area contributed by atoms with E-state index in [1.807, 2.05) is 0 Å². The molecule has 1 aromatic carbocycles. The molecule has 0 saturated heterocycles. The van der Waals surface area contributed by atoms with Crippen molar-refractivity contribution in [3.8, 4) is 0 Å². The summed E-state index contributed by atoms with van der Waals surface area (Å²) in [5, 5.41) is 0.873. The van der Waals surface area contributed by atoms with Crippen LogP contribution in [0.25, 0.3) is 10.9 Å². The van der Waals surface area contributed by atoms with Gasteiger partial charge >= 0.3 is 0 Å². The summed E-state index contributed by atoms with van der Waals surface area (Å²) in [5.41, 5.74) is 1.28. The molecule has 0 spiro atoms. The molecule has 0 aliphatic rings. The monoisotopic (exact) mass is 187 g/mol. The molecule has 0 aliphatic carbocycles. The molecule has 1 N–H and O–H groups in total. The van der Waals surface area contributed by atoms with E-state index in [9.17, 15) is 9.59 Å². The van der Waals surface area contributed by atoms with E-state index in [1.165, 1.54) is 13.0 Å². The minimum absolute atomic E-state index is 0.0260. The number of aromatic nitrogens is 1. The Morgan fingerprint density at radius 3 is 2.71 bits per heavy atom. The van der Waals surface area contributed by atoms with Gasteiger partial charge in [0.25, 0.3) is 0 Å². The van der Waals surface area contributed by atoms with Crippen LogP contribution in [0.5, 0.6) is 0 Å². The van der Waals surface area contributed by atoms with Gasteiger partial charge in [-0.3, -0.25) is 9.59 Å². The lowest BCUT2D eigenvalue weighted by Crippen LogP contribution is -2.02. The summed E-state index contributed by atoms with van der Waals surface area (Å²) < 4.78 is 0. The Kier molecular flexibility index (Phi) is 1.93. The molecule has 1 heterocycles. The highest BCUT2D eigenvalue weighted by Crippen LogP contribution is 2.12. The van der Waals surface area contributed by atoms with Crippen LogP contribution in [0.15, 0.2) is 35.1 Å². The molecule has 0 bridgehead atoms. The molecular weight excluding hydrogens is 178 g/mol. The average molecular weight is 187 g/mol. The zero-order valence-corrected chi connectivity index (χ0v) is 7.70. The van der Waals surface area contributed by atoms with Crippen molar-refractivity contribution in [1.82, 2.24) is 4.98 Å². The van der Waals surface area contributed by atoms with Gasteiger partial charge in [0.1, 0.15) is 0 Å². The Bertz CT molecular complexity index is 554. The van der Waals surface area contributed by atoms with Gasteiger partial charge in [0, 0.05) is 17.1 Å². The Hall–Kier alpha value is -1.90. The number of fused-ring (bicyclic) bond motifs is 1. The lowest BCUT2D eigenvalue weighted by atomic mass is 10.1. The summed E-state index contributed by atoms with van der Waals surface area (Å²) in [6.07, 6.45) is 0. The minimum atomic E-state index is -0.131. The van der Waals surface area contributed by atoms with E-state index < -0.39 is 0 Å². The molecule has 0 saturated carbocycles. The van der Waals surface area contributed by atoms with E-state index in [0.717, 1.165) is 10.9 Å². The normalized spacial score (nSPS) is 10.4. The topological polar surface area (TPSA) is 49.9 Å². The van der Waals surface area contributed by atoms with Crippen molar-refractivity contribution in [2.75, 3.05) is 0 Å². The minimum Gasteiger partial charge on any atom is -0.322 e. The molecule has 70 valence electrons. The number of H-pyrrole nitrogens is 1. The fraction of sp³-hybridized carbons (Fsp3) is 0.0909. The van der Waals surface area contributed by atoms with Crippen molar-refractivity contribution in [2.24, 2.45) is 0 Å². The summed E-state index contributed by atoms with van der Waals surface area (Å²) in [5.74, 6) is 0.0260. The van der Waals surface area contributed by atoms with Crippen LogP contribution in [0.2, 0.25) is 0 Å². The van der Waals surface area contributed by atoms with Crippen molar-refractivity contribution < 1.29 is 4.79 Å². The highest BCUT2D eigenvalue weighted by Gasteiger charge is 2.00. The number of hydrogen-bond acceptors (Lipinski definition) is 2. The first-order valence-corrected chi connectivity index (χ1v) is 4.31. The van der Waals surface area contributed by atoms with Crippen molar-refractivity contribution in [2.45, 2.75) is 6.92 Å². The number of carbonyl (C=O) groups is 1. The number of aromatic amines is 1. The number of benzene rings is 1. The van der Waals surface area contributed by atoms with E-state index >= 15 is 0 Å². The van der Waals surface area contributed by atoms with Crippen LogP contribution in [0.3, 0.4) is 0 Å². The first kappa shape index (κ1) is 8.69. The molecule has 0 unspecified atom stereocenters. The summed E-state index contributed by atoms with van der Waals surface area (Å²) >= 11 is 0. The van der Waals surface area contributed by atoms with Gasteiger partial charge in [-0.15, -0.1) is 0 Å². The molecule has 14 heavy (non-hydrogen) atoms. The summed E-state index contributed by atoms with van der Waals surface area (Å²) in [4.78, 5) is 24.8. The number of ketones is 1. The fourth-order valence-electron chi connectivity index (χ4n) is 1.37. The van der Waals surface area contributed by atoms with Gasteiger partial charge in [-0.05, 0) is 36.6 Å². The van der Waals surface area contributed by atoms with Crippen molar-refractivity contribution in [3.63, 3.8) is 0 Å². The number of carbonyl (C=O) groups excluding carboxylic acids is 1. The second kappa shape index (κ2) is 3.10. The third-order valence-electron chi connectivity index (χ3n) is 2.13. The molecule has 1 aromatic heterocycles. The van der Waals surface area contributed by atoms with Gasteiger partial charge in [-0.1, -0.05) is 0 Å². The average Bonchev–Trinajstić information content (AvgIpc) is 2.16. The molecular formula is C11H9NO2. The van der Waals surface area contributed by atoms with E-state index in [4.69, 9.17) is 0 Å². The molecule has 0 atom stereocenters. The second-order valence-electron chi connectivity index (χ2n) is 3.18. The number of rotatable bonds is 1. The number of Topliss-reactive ketones (excluding diaryl/α,β-unsaturated/α-hetero) is 1. The van der Waals surface area contributed by atoms with Gasteiger partial charge in [-0.2, -0.15) is 0 Å². The van der Waals surface area contributed by atoms with Gasteiger partial charge in [0.2, 0.25) is 5.56 Å². The van der Waals surface area contributed by atoms with Gasteiger partial charge in [0.15, 0.2) is 5.78 Å². The Morgan fingerprint density at radius 2 is 2.00 bits per heavy atom. The van der Waals surface area contributed by atoms with Crippen LogP contribution in [0, 0.1) is 0 Å². The van der Waals surface area contributed by atoms with E-state index in [1.54, 1.807) is 24.3 Å². The molecule has 2 aromatic rings. The highest BCUT2D eigenvalue weighted by atomic mass is 16.1. The molecule has 0 fully saturated rings. The number of pyridine rings is 1. The fourth-order valence-corrected chi connectivity index (χ4v) is 1.37. The quantitative estimate of drug-likeness (QED) is 0.691. The first-order valence-electron chi connectivity index (χ1n) is 4.31. The van der Waals surface area contributed by atoms with Gasteiger partial charge < -0.3 is 4.98 Å². The maximum atomic E-state index is 11.1. The SMILES string of the molecule is CC(=O)c1ccc2[nH]c(=O)ccc2c1. The van der Waals surface area contributed by atoms with E-state index in [0.29, 0.717) is 5.56 Å². The van der Waals surface area contributed by atoms with Crippen LogP contribution < -0.4 is 5.56 Å². The lowest BCUT2D eigenvalue weighted by Gasteiger charge is -1.99. The molecule has 2 rings (SSSR count). The van der Waals surface area contributed by atoms with Crippen LogP contribution in [-0.4, -0.2) is 10.8 Å². The molecule has 0 aliphatic heterocycles. The maximum absolute atomic E-state index is 11.1. The zero-order chi connectivity index (χ0) is 10.1. The van der Waals surface area contributed by atoms with Crippen molar-refractivity contribution in [1.29, 1.82) is 0 Å². The largest absolute Gasteiger partial charge is 0.322 e. The Balaban J connectivity index is 2.73. The predicted octanol–water partition coefficient (Wildman–Crippen LogP) is 1.73. The first-order chi connectivity index (χ1) is 6.66. The second-order valence-corrected chi connectivity index (χ2v) is 3.18. The summed E-state index contributed by atoms with van der Waals surface area (Å²) in [7, 11) is 0. The van der Waals surface area contributed by atoms with Crippen LogP contribution in [0.1, 0.15) is 17.3 Å². The Labute approximate surface area is 80.4 Å². The smallest absolute Gasteiger partial charge is 0.248 e. The number of nitrogens with one attached hydrogen (secondary N) is 1. The maximum Gasteiger partial charge on any atom is 0.248 e. The van der Waals surface area contributed by atoms with Gasteiger partial charge in [-0.25, -0.2) is 0 Å². The van der Waals surface area contributed by atoms with Crippen LogP contribution in [-0.2, 0) is 0 Å². The summed E-state index contributed by atoms with van der Waals surface area (Å²) in [6.45, 7) is 1.52. The molecule has 0 radical (unpaired) electrons. The van der Waals surface area contributed by atoms with Gasteiger partial charge in [0.05, 0.1) is 0 Å². The summed E-state index contributed by atoms with van der Waals surface area (Å²) in [6, 6.07) is 8.38. The van der Waals surface area contributed by atoms with Crippen LogP contribution in [0.4, 0.5) is 0 Å². The van der Waals surface area contributed by atoms with Crippen molar-refractivity contribution in [3.05, 3.63) is 46.2 Å². The zero-order valence-electron chi connectivity index (χ0n) is 7.70. The third-order valence-corrected chi connectivity index (χ3v) is 2.13. The van der Waals surface area contributed by atoms with E-state index in [-0.39, 0.29) is 11.3 Å². The third kappa shape index (κ3) is 1.44. The molecule has 3 heteroatoms. The van der Waals surface area contributed by atoms with Crippen molar-refractivity contribution >= 4 is 16.7 Å². The predicted molar refractivity (Wildman–Crippen MR) is 54.6 cm³/mol. The molecule has 0 amide bonds. The van der Waals surface area contributed by atoms with Crippen LogP contribution >= 0.6 is 0 Å². The highest BCUT2D eigenvalue weighted by molar-refractivity contribution is 5.97. The standard InChI is InChI=1S/C11H9NO2/c1-7(13)8-2-4-10-9(6-8)3-5-11(14)12-10/h2-6H,1H3,(H,12,14). The molecule has 3 nitrogen and oxygen atoms in total. The Morgan fingerprint density at radius 1 is 1.21 bits per heavy atom. The number of hydrogen-bond donors (Lipinski definition) is 1.